The predicted molar refractivity (Wildman–Crippen MR) is 131 cm³/mol. The van der Waals surface area contributed by atoms with E-state index in [1.807, 2.05) is 54.6 Å². The van der Waals surface area contributed by atoms with Gasteiger partial charge in [-0.05, 0) is 35.4 Å². The Hall–Kier alpha value is -4.63. The minimum atomic E-state index is -0.511. The van der Waals surface area contributed by atoms with Crippen LogP contribution in [0.1, 0.15) is 16.1 Å². The number of nitrogens with zero attached hydrogens (tertiary/aromatic N) is 4. The van der Waals surface area contributed by atoms with Crippen molar-refractivity contribution in [3.05, 3.63) is 113 Å². The van der Waals surface area contributed by atoms with Crippen molar-refractivity contribution in [1.29, 1.82) is 0 Å². The summed E-state index contributed by atoms with van der Waals surface area (Å²) in [6.45, 7) is 0.565. The standard InChI is InChI=1S/C25H22N6O3/c32-25(20-9-11-23(12-10-20)31(33)34)28-18-30(29-14-13-22-16-26-17-27-22)24-8-4-7-21(15-24)19-5-2-1-3-6-19/h1-12,15-18,29H,13-14H2,(H,26,27). The second kappa shape index (κ2) is 10.8. The van der Waals surface area contributed by atoms with Crippen LogP contribution in [0.4, 0.5) is 11.4 Å². The van der Waals surface area contributed by atoms with Gasteiger partial charge in [-0.3, -0.25) is 19.9 Å². The van der Waals surface area contributed by atoms with Crippen LogP contribution in [0.3, 0.4) is 0 Å². The molecule has 1 amide bonds. The molecule has 4 aromatic rings. The first-order chi connectivity index (χ1) is 16.6. The molecule has 170 valence electrons. The van der Waals surface area contributed by atoms with Crippen molar-refractivity contribution in [3.8, 4) is 11.1 Å². The molecule has 1 aromatic heterocycles. The Morgan fingerprint density at radius 3 is 2.53 bits per heavy atom. The normalized spacial score (nSPS) is 10.9. The lowest BCUT2D eigenvalue weighted by Crippen LogP contribution is -2.38. The second-order valence-electron chi connectivity index (χ2n) is 7.38. The number of anilines is 1. The molecule has 4 rings (SSSR count). The fourth-order valence-corrected chi connectivity index (χ4v) is 3.31. The van der Waals surface area contributed by atoms with Crippen LogP contribution in [-0.4, -0.2) is 33.7 Å². The number of hydrazine groups is 1. The monoisotopic (exact) mass is 454 g/mol. The molecular weight excluding hydrogens is 432 g/mol. The van der Waals surface area contributed by atoms with E-state index in [1.54, 1.807) is 17.5 Å². The minimum Gasteiger partial charge on any atom is -0.348 e. The fourth-order valence-electron chi connectivity index (χ4n) is 3.31. The largest absolute Gasteiger partial charge is 0.348 e. The Bertz CT molecular complexity index is 1270. The number of rotatable bonds is 9. The number of hydrogen-bond donors (Lipinski definition) is 2. The first-order valence-corrected chi connectivity index (χ1v) is 10.6. The molecule has 1 heterocycles. The summed E-state index contributed by atoms with van der Waals surface area (Å²) < 4.78 is 0. The summed E-state index contributed by atoms with van der Waals surface area (Å²) in [5.41, 5.74) is 7.32. The maximum atomic E-state index is 12.6. The number of nitro benzene ring substituents is 1. The Morgan fingerprint density at radius 2 is 1.82 bits per heavy atom. The Labute approximate surface area is 195 Å². The van der Waals surface area contributed by atoms with E-state index < -0.39 is 10.8 Å². The number of aromatic amines is 1. The summed E-state index contributed by atoms with van der Waals surface area (Å²) in [6, 6.07) is 23.2. The molecule has 0 fully saturated rings. The zero-order chi connectivity index (χ0) is 23.8. The van der Waals surface area contributed by atoms with Crippen LogP contribution in [0, 0.1) is 10.1 Å². The van der Waals surface area contributed by atoms with Gasteiger partial charge in [0.2, 0.25) is 0 Å². The molecular formula is C25H22N6O3. The molecule has 2 N–H and O–H groups in total. The molecule has 0 saturated carbocycles. The van der Waals surface area contributed by atoms with E-state index in [0.29, 0.717) is 13.0 Å². The van der Waals surface area contributed by atoms with Gasteiger partial charge in [-0.25, -0.2) is 10.4 Å². The molecule has 0 spiro atoms. The number of H-pyrrole nitrogens is 1. The molecule has 0 aliphatic heterocycles. The quantitative estimate of drug-likeness (QED) is 0.167. The lowest BCUT2D eigenvalue weighted by molar-refractivity contribution is -0.384. The zero-order valence-electron chi connectivity index (χ0n) is 18.2. The smallest absolute Gasteiger partial charge is 0.278 e. The van der Waals surface area contributed by atoms with Crippen molar-refractivity contribution in [2.24, 2.45) is 4.99 Å². The third kappa shape index (κ3) is 5.78. The van der Waals surface area contributed by atoms with Crippen LogP contribution in [0.15, 0.2) is 96.4 Å². The molecule has 34 heavy (non-hydrogen) atoms. The number of imidazole rings is 1. The lowest BCUT2D eigenvalue weighted by atomic mass is 10.1. The third-order valence-electron chi connectivity index (χ3n) is 5.08. The number of nitro groups is 1. The fraction of sp³-hybridized carbons (Fsp3) is 0.0800. The SMILES string of the molecule is O=C(N=CN(NCCc1cnc[nH]1)c1cccc(-c2ccccc2)c1)c1ccc([N+](=O)[O-])cc1. The Morgan fingerprint density at radius 1 is 1.06 bits per heavy atom. The van der Waals surface area contributed by atoms with Crippen LogP contribution in [0.25, 0.3) is 11.1 Å². The highest BCUT2D eigenvalue weighted by Gasteiger charge is 2.10. The van der Waals surface area contributed by atoms with Gasteiger partial charge in [-0.1, -0.05) is 42.5 Å². The van der Waals surface area contributed by atoms with Crippen molar-refractivity contribution >= 4 is 23.6 Å². The van der Waals surface area contributed by atoms with Gasteiger partial charge in [-0.15, -0.1) is 0 Å². The highest BCUT2D eigenvalue weighted by Crippen LogP contribution is 2.23. The topological polar surface area (TPSA) is 117 Å². The number of carbonyl (C=O) groups excluding carboxylic acids is 1. The van der Waals surface area contributed by atoms with E-state index in [4.69, 9.17) is 0 Å². The van der Waals surface area contributed by atoms with Gasteiger partial charge in [0.1, 0.15) is 6.34 Å². The molecule has 0 bridgehead atoms. The van der Waals surface area contributed by atoms with E-state index in [2.05, 4.69) is 20.4 Å². The van der Waals surface area contributed by atoms with E-state index >= 15 is 0 Å². The van der Waals surface area contributed by atoms with Gasteiger partial charge >= 0.3 is 0 Å². The number of carbonyl (C=O) groups is 1. The van der Waals surface area contributed by atoms with Crippen LogP contribution in [-0.2, 0) is 6.42 Å². The highest BCUT2D eigenvalue weighted by molar-refractivity contribution is 6.01. The van der Waals surface area contributed by atoms with Crippen molar-refractivity contribution < 1.29 is 9.72 Å². The summed E-state index contributed by atoms with van der Waals surface area (Å²) >= 11 is 0. The van der Waals surface area contributed by atoms with Gasteiger partial charge in [0.15, 0.2) is 0 Å². The zero-order valence-corrected chi connectivity index (χ0v) is 18.2. The van der Waals surface area contributed by atoms with Crippen LogP contribution in [0.2, 0.25) is 0 Å². The number of benzene rings is 3. The summed E-state index contributed by atoms with van der Waals surface area (Å²) in [5, 5.41) is 12.5. The Kier molecular flexibility index (Phi) is 7.16. The molecule has 0 aliphatic carbocycles. The average molecular weight is 454 g/mol. The molecule has 0 radical (unpaired) electrons. The molecule has 9 heteroatoms. The number of aliphatic imine (C=N–C) groups is 1. The maximum Gasteiger partial charge on any atom is 0.278 e. The molecule has 3 aromatic carbocycles. The maximum absolute atomic E-state index is 12.6. The molecule has 9 nitrogen and oxygen atoms in total. The summed E-state index contributed by atoms with van der Waals surface area (Å²) in [5.74, 6) is -0.505. The van der Waals surface area contributed by atoms with E-state index in [0.717, 1.165) is 22.5 Å². The average Bonchev–Trinajstić information content (AvgIpc) is 3.40. The van der Waals surface area contributed by atoms with Gasteiger partial charge < -0.3 is 4.98 Å². The third-order valence-corrected chi connectivity index (χ3v) is 5.08. The van der Waals surface area contributed by atoms with Gasteiger partial charge in [0.25, 0.3) is 11.6 Å². The van der Waals surface area contributed by atoms with E-state index in [9.17, 15) is 14.9 Å². The highest BCUT2D eigenvalue weighted by atomic mass is 16.6. The molecule has 0 saturated heterocycles. The lowest BCUT2D eigenvalue weighted by Gasteiger charge is -2.21. The number of hydrogen-bond acceptors (Lipinski definition) is 5. The predicted octanol–water partition coefficient (Wildman–Crippen LogP) is 4.41. The van der Waals surface area contributed by atoms with Gasteiger partial charge in [0.05, 0.1) is 16.9 Å². The van der Waals surface area contributed by atoms with Crippen molar-refractivity contribution in [2.75, 3.05) is 11.6 Å². The first kappa shape index (κ1) is 22.6. The Balaban J connectivity index is 1.55. The van der Waals surface area contributed by atoms with E-state index in [-0.39, 0.29) is 11.3 Å². The van der Waals surface area contributed by atoms with Gasteiger partial charge in [-0.2, -0.15) is 4.99 Å². The molecule has 0 unspecified atom stereocenters. The summed E-state index contributed by atoms with van der Waals surface area (Å²) in [6.07, 6.45) is 5.49. The second-order valence-corrected chi connectivity index (χ2v) is 7.38. The minimum absolute atomic E-state index is 0.0830. The number of aromatic nitrogens is 2. The first-order valence-electron chi connectivity index (χ1n) is 10.6. The van der Waals surface area contributed by atoms with Crippen LogP contribution < -0.4 is 10.4 Å². The van der Waals surface area contributed by atoms with Crippen LogP contribution >= 0.6 is 0 Å². The van der Waals surface area contributed by atoms with Gasteiger partial charge in [0, 0.05) is 42.6 Å². The molecule has 0 aliphatic rings. The van der Waals surface area contributed by atoms with Crippen molar-refractivity contribution in [1.82, 2.24) is 15.4 Å². The number of amides is 1. The number of non-ortho nitro benzene ring substituents is 1. The van der Waals surface area contributed by atoms with Crippen molar-refractivity contribution in [2.45, 2.75) is 6.42 Å². The number of nitrogens with one attached hydrogen (secondary N) is 2. The molecule has 0 atom stereocenters. The van der Waals surface area contributed by atoms with Crippen LogP contribution in [0.5, 0.6) is 0 Å². The van der Waals surface area contributed by atoms with Crippen molar-refractivity contribution in [3.63, 3.8) is 0 Å². The summed E-state index contributed by atoms with van der Waals surface area (Å²) in [7, 11) is 0. The van der Waals surface area contributed by atoms with E-state index in [1.165, 1.54) is 30.6 Å². The summed E-state index contributed by atoms with van der Waals surface area (Å²) in [4.78, 5) is 34.1.